The van der Waals surface area contributed by atoms with Gasteiger partial charge in [0.05, 0.1) is 16.3 Å². The monoisotopic (exact) mass is 477 g/mol. The van der Waals surface area contributed by atoms with E-state index in [1.165, 1.54) is 22.2 Å². The summed E-state index contributed by atoms with van der Waals surface area (Å²) in [5, 5.41) is 10.2. The quantitative estimate of drug-likeness (QED) is 0.440. The van der Waals surface area contributed by atoms with Crippen LogP contribution in [-0.4, -0.2) is 36.2 Å². The number of nitrogens with two attached hydrogens (primary N) is 1. The molecule has 4 heterocycles. The van der Waals surface area contributed by atoms with Gasteiger partial charge in [-0.05, 0) is 31.5 Å². The summed E-state index contributed by atoms with van der Waals surface area (Å²) in [5.41, 5.74) is 3.76. The Hall–Kier alpha value is -3.74. The average molecular weight is 477 g/mol. The number of halogens is 3. The minimum absolute atomic E-state index is 0.0294. The van der Waals surface area contributed by atoms with Crippen LogP contribution >= 0.6 is 11.3 Å². The van der Waals surface area contributed by atoms with Crippen LogP contribution in [0, 0.1) is 0 Å². The second-order valence-corrected chi connectivity index (χ2v) is 8.18. The van der Waals surface area contributed by atoms with Gasteiger partial charge in [-0.1, -0.05) is 6.92 Å². The molecule has 9 nitrogen and oxygen atoms in total. The molecule has 4 rings (SSSR count). The first-order valence-electron chi connectivity index (χ1n) is 9.86. The fourth-order valence-electron chi connectivity index (χ4n) is 3.16. The summed E-state index contributed by atoms with van der Waals surface area (Å²) in [6.45, 7) is 4.13. The van der Waals surface area contributed by atoms with Gasteiger partial charge in [0.2, 0.25) is 0 Å². The van der Waals surface area contributed by atoms with Crippen LogP contribution in [0.25, 0.3) is 16.2 Å². The summed E-state index contributed by atoms with van der Waals surface area (Å²) in [6, 6.07) is 5.60. The fourth-order valence-corrected chi connectivity index (χ4v) is 4.07. The maximum atomic E-state index is 13.8. The zero-order chi connectivity index (χ0) is 23.9. The first kappa shape index (κ1) is 22.5. The topological polar surface area (TPSA) is 120 Å². The molecule has 0 aliphatic carbocycles. The van der Waals surface area contributed by atoms with Crippen LogP contribution in [0.3, 0.4) is 0 Å². The van der Waals surface area contributed by atoms with Crippen molar-refractivity contribution in [1.82, 2.24) is 24.4 Å². The molecular weight excluding hydrogens is 459 g/mol. The number of aromatic nitrogens is 5. The molecule has 0 atom stereocenters. The average Bonchev–Trinajstić information content (AvgIpc) is 3.49. The highest BCUT2D eigenvalue weighted by molar-refractivity contribution is 7.15. The molecule has 0 aliphatic heterocycles. The number of amides is 2. The Balaban J connectivity index is 1.76. The van der Waals surface area contributed by atoms with Gasteiger partial charge in [-0.15, -0.1) is 11.3 Å². The van der Waals surface area contributed by atoms with Crippen molar-refractivity contribution < 1.29 is 22.8 Å². The standard InChI is InChI=1S/C20H18F3N7O2S/c1-3-10-5-6-14(33-10)11-7-15(20(21,22)23)30-16(25-11)8-12(27-30)19(32)26-13-9-29(4-2)28-17(13)18(24)31/h5-9H,3-4H2,1-2H3,(H2,24,31)(H,26,32). The highest BCUT2D eigenvalue weighted by Gasteiger charge is 2.36. The van der Waals surface area contributed by atoms with E-state index in [2.05, 4.69) is 20.5 Å². The molecule has 3 N–H and O–H groups in total. The molecule has 0 fully saturated rings. The van der Waals surface area contributed by atoms with Crippen molar-refractivity contribution in [2.45, 2.75) is 33.0 Å². The molecule has 4 aromatic heterocycles. The van der Waals surface area contributed by atoms with Crippen molar-refractivity contribution in [3.63, 3.8) is 0 Å². The summed E-state index contributed by atoms with van der Waals surface area (Å²) >= 11 is 1.35. The van der Waals surface area contributed by atoms with Crippen molar-refractivity contribution in [2.24, 2.45) is 5.73 Å². The lowest BCUT2D eigenvalue weighted by molar-refractivity contribution is -0.142. The summed E-state index contributed by atoms with van der Waals surface area (Å²) in [7, 11) is 0. The van der Waals surface area contributed by atoms with Gasteiger partial charge >= 0.3 is 6.18 Å². The number of hydrogen-bond acceptors (Lipinski definition) is 6. The van der Waals surface area contributed by atoms with Crippen LogP contribution in [0.4, 0.5) is 18.9 Å². The van der Waals surface area contributed by atoms with Gasteiger partial charge in [0.15, 0.2) is 22.7 Å². The van der Waals surface area contributed by atoms with E-state index >= 15 is 0 Å². The normalized spacial score (nSPS) is 11.8. The first-order valence-corrected chi connectivity index (χ1v) is 10.7. The Kier molecular flexibility index (Phi) is 5.66. The third kappa shape index (κ3) is 4.31. The number of carbonyl (C=O) groups is 2. The molecular formula is C20H18F3N7O2S. The van der Waals surface area contributed by atoms with Crippen LogP contribution < -0.4 is 11.1 Å². The van der Waals surface area contributed by atoms with Crippen molar-refractivity contribution in [2.75, 3.05) is 5.32 Å². The zero-order valence-corrected chi connectivity index (χ0v) is 18.3. The lowest BCUT2D eigenvalue weighted by atomic mass is 10.2. The Morgan fingerprint density at radius 2 is 1.94 bits per heavy atom. The van der Waals surface area contributed by atoms with E-state index in [4.69, 9.17) is 5.73 Å². The Morgan fingerprint density at radius 3 is 2.55 bits per heavy atom. The molecule has 13 heteroatoms. The lowest BCUT2D eigenvalue weighted by Gasteiger charge is -2.10. The molecule has 33 heavy (non-hydrogen) atoms. The molecule has 0 aromatic carbocycles. The molecule has 0 bridgehead atoms. The molecule has 0 spiro atoms. The molecule has 2 amide bonds. The fraction of sp³-hybridized carbons (Fsp3) is 0.250. The van der Waals surface area contributed by atoms with E-state index in [1.807, 2.05) is 13.0 Å². The lowest BCUT2D eigenvalue weighted by Crippen LogP contribution is -2.18. The summed E-state index contributed by atoms with van der Waals surface area (Å²) in [6.07, 6.45) is -2.59. The molecule has 4 aromatic rings. The van der Waals surface area contributed by atoms with Gasteiger partial charge in [-0.3, -0.25) is 14.3 Å². The van der Waals surface area contributed by atoms with Crippen LogP contribution in [-0.2, 0) is 19.1 Å². The van der Waals surface area contributed by atoms with Crippen LogP contribution in [0.5, 0.6) is 0 Å². The Bertz CT molecular complexity index is 1370. The first-order chi connectivity index (χ1) is 15.6. The molecule has 0 saturated heterocycles. The number of carbonyl (C=O) groups excluding carboxylic acids is 2. The molecule has 0 aliphatic rings. The van der Waals surface area contributed by atoms with Crippen molar-refractivity contribution >= 4 is 34.5 Å². The predicted octanol–water partition coefficient (Wildman–Crippen LogP) is 3.61. The van der Waals surface area contributed by atoms with E-state index < -0.39 is 23.7 Å². The van der Waals surface area contributed by atoms with Crippen molar-refractivity contribution in [1.29, 1.82) is 0 Å². The largest absolute Gasteiger partial charge is 0.433 e. The second-order valence-electron chi connectivity index (χ2n) is 7.01. The Labute approximate surface area is 189 Å². The summed E-state index contributed by atoms with van der Waals surface area (Å²) < 4.78 is 43.3. The Morgan fingerprint density at radius 1 is 1.18 bits per heavy atom. The van der Waals surface area contributed by atoms with E-state index in [1.54, 1.807) is 13.0 Å². The molecule has 172 valence electrons. The summed E-state index contributed by atoms with van der Waals surface area (Å²) in [4.78, 5) is 30.2. The second kappa shape index (κ2) is 8.31. The molecule has 0 radical (unpaired) electrons. The van der Waals surface area contributed by atoms with Gasteiger partial charge in [-0.2, -0.15) is 23.4 Å². The van der Waals surface area contributed by atoms with Gasteiger partial charge in [0, 0.05) is 23.7 Å². The number of anilines is 1. The van der Waals surface area contributed by atoms with E-state index in [0.29, 0.717) is 15.9 Å². The number of hydrogen-bond donors (Lipinski definition) is 2. The van der Waals surface area contributed by atoms with Crippen molar-refractivity contribution in [3.8, 4) is 10.6 Å². The predicted molar refractivity (Wildman–Crippen MR) is 115 cm³/mol. The smallest absolute Gasteiger partial charge is 0.364 e. The van der Waals surface area contributed by atoms with Gasteiger partial charge in [-0.25, -0.2) is 9.50 Å². The van der Waals surface area contributed by atoms with E-state index in [9.17, 15) is 22.8 Å². The number of aryl methyl sites for hydroxylation is 2. The van der Waals surface area contributed by atoms with Crippen LogP contribution in [0.2, 0.25) is 0 Å². The van der Waals surface area contributed by atoms with Crippen LogP contribution in [0.1, 0.15) is 45.4 Å². The number of nitrogens with one attached hydrogen (secondary N) is 1. The number of alkyl halides is 3. The number of nitrogens with zero attached hydrogens (tertiary/aromatic N) is 5. The zero-order valence-electron chi connectivity index (χ0n) is 17.5. The van der Waals surface area contributed by atoms with Gasteiger partial charge < -0.3 is 11.1 Å². The minimum atomic E-state index is -4.73. The molecule has 0 unspecified atom stereocenters. The van der Waals surface area contributed by atoms with Gasteiger partial charge in [0.25, 0.3) is 11.8 Å². The maximum Gasteiger partial charge on any atom is 0.433 e. The molecule has 0 saturated carbocycles. The maximum absolute atomic E-state index is 13.8. The number of fused-ring (bicyclic) bond motifs is 1. The number of primary amides is 1. The van der Waals surface area contributed by atoms with Crippen molar-refractivity contribution in [3.05, 3.63) is 52.4 Å². The SMILES string of the molecule is CCc1ccc(-c2cc(C(F)(F)F)n3nc(C(=O)Nc4cn(CC)nc4C(N)=O)cc3n2)s1. The van der Waals surface area contributed by atoms with E-state index in [-0.39, 0.29) is 28.4 Å². The highest BCUT2D eigenvalue weighted by Crippen LogP contribution is 2.34. The number of thiophene rings is 1. The highest BCUT2D eigenvalue weighted by atomic mass is 32.1. The van der Waals surface area contributed by atoms with Crippen LogP contribution in [0.15, 0.2) is 30.5 Å². The summed E-state index contributed by atoms with van der Waals surface area (Å²) in [5.74, 6) is -1.70. The minimum Gasteiger partial charge on any atom is -0.364 e. The number of rotatable bonds is 6. The van der Waals surface area contributed by atoms with Gasteiger partial charge in [0.1, 0.15) is 0 Å². The third-order valence-corrected chi connectivity index (χ3v) is 6.03. The third-order valence-electron chi connectivity index (χ3n) is 4.78. The van der Waals surface area contributed by atoms with E-state index in [0.717, 1.165) is 23.4 Å².